The van der Waals surface area contributed by atoms with Gasteiger partial charge in [-0.25, -0.2) is 0 Å². The summed E-state index contributed by atoms with van der Waals surface area (Å²) < 4.78 is 0. The fourth-order valence-corrected chi connectivity index (χ4v) is 2.30. The van der Waals surface area contributed by atoms with Crippen LogP contribution in [0.4, 0.5) is 5.69 Å². The van der Waals surface area contributed by atoms with Gasteiger partial charge in [-0.05, 0) is 40.8 Å². The van der Waals surface area contributed by atoms with Gasteiger partial charge in [0.15, 0.2) is 0 Å². The number of rotatable bonds is 2. The minimum Gasteiger partial charge on any atom is -0.454 e. The average molecular weight is 269 g/mol. The van der Waals surface area contributed by atoms with E-state index in [0.29, 0.717) is 6.41 Å². The Morgan fingerprint density at radius 3 is 2.50 bits per heavy atom. The van der Waals surface area contributed by atoms with Crippen molar-refractivity contribution in [1.82, 2.24) is 0 Å². The molecule has 1 aliphatic carbocycles. The molecule has 0 heterocycles. The highest BCUT2D eigenvalue weighted by molar-refractivity contribution is 6.22. The van der Waals surface area contributed by atoms with E-state index in [-0.39, 0.29) is 14.9 Å². The molecule has 3 nitrogen and oxygen atoms in total. The van der Waals surface area contributed by atoms with Gasteiger partial charge < -0.3 is 10.3 Å². The first-order valence-corrected chi connectivity index (χ1v) is 6.32. The zero-order valence-corrected chi connectivity index (χ0v) is 10.9. The van der Waals surface area contributed by atoms with Crippen LogP contribution < -0.4 is 5.32 Å². The zero-order valence-electron chi connectivity index (χ0n) is 10.9. The Kier molecular flexibility index (Phi) is 6.00. The maximum Gasteiger partial charge on any atom is 0.267 e. The molecule has 0 fully saturated rings. The summed E-state index contributed by atoms with van der Waals surface area (Å²) in [6.07, 6.45) is 1.67. The van der Waals surface area contributed by atoms with E-state index >= 15 is 0 Å². The number of amides is 1. The van der Waals surface area contributed by atoms with Crippen molar-refractivity contribution in [3.8, 4) is 11.1 Å². The standard InChI is InChI=1S/C14H11NO.CH5BO.CH4/c16-9-15-12-5-6-14-11(8-12)7-10-3-1-2-4-13(10)14;1-2-3;/h1-6,8-9H,7H2,(H,15,16);2-3H,1H3;1H4. The molecule has 0 unspecified atom stereocenters. The van der Waals surface area contributed by atoms with Gasteiger partial charge >= 0.3 is 0 Å². The molecular formula is C16H20BNO2. The van der Waals surface area contributed by atoms with Gasteiger partial charge in [0.25, 0.3) is 7.48 Å². The quantitative estimate of drug-likeness (QED) is 0.555. The topological polar surface area (TPSA) is 49.3 Å². The molecule has 0 bridgehead atoms. The van der Waals surface area contributed by atoms with Crippen LogP contribution >= 0.6 is 0 Å². The Balaban J connectivity index is 0.000000462. The van der Waals surface area contributed by atoms with Crippen LogP contribution in [0.5, 0.6) is 0 Å². The Labute approximate surface area is 120 Å². The second-order valence-corrected chi connectivity index (χ2v) is 4.28. The number of hydrogen-bond donors (Lipinski definition) is 2. The van der Waals surface area contributed by atoms with Gasteiger partial charge in [-0.2, -0.15) is 0 Å². The highest BCUT2D eigenvalue weighted by Gasteiger charge is 2.17. The molecule has 3 rings (SSSR count). The van der Waals surface area contributed by atoms with Crippen molar-refractivity contribution < 1.29 is 9.82 Å². The first kappa shape index (κ1) is 16.0. The van der Waals surface area contributed by atoms with Crippen LogP contribution in [0.25, 0.3) is 11.1 Å². The van der Waals surface area contributed by atoms with Crippen molar-refractivity contribution in [3.63, 3.8) is 0 Å². The predicted octanol–water partition coefficient (Wildman–Crippen LogP) is 2.84. The van der Waals surface area contributed by atoms with Gasteiger partial charge in [-0.1, -0.05) is 44.6 Å². The smallest absolute Gasteiger partial charge is 0.267 e. The zero-order chi connectivity index (χ0) is 13.7. The normalized spacial score (nSPS) is 10.1. The van der Waals surface area contributed by atoms with Crippen LogP contribution in [-0.4, -0.2) is 18.9 Å². The molecule has 4 heteroatoms. The van der Waals surface area contributed by atoms with E-state index in [1.165, 1.54) is 22.3 Å². The van der Waals surface area contributed by atoms with Crippen LogP contribution in [0, 0.1) is 0 Å². The average Bonchev–Trinajstić information content (AvgIpc) is 2.77. The molecule has 0 aliphatic heterocycles. The van der Waals surface area contributed by atoms with Crippen LogP contribution in [0.3, 0.4) is 0 Å². The van der Waals surface area contributed by atoms with Crippen LogP contribution in [-0.2, 0) is 11.2 Å². The van der Waals surface area contributed by atoms with Gasteiger partial charge in [0.1, 0.15) is 0 Å². The monoisotopic (exact) mass is 269 g/mol. The van der Waals surface area contributed by atoms with E-state index in [0.717, 1.165) is 12.1 Å². The van der Waals surface area contributed by atoms with E-state index in [9.17, 15) is 4.79 Å². The number of benzene rings is 2. The highest BCUT2D eigenvalue weighted by Crippen LogP contribution is 2.37. The van der Waals surface area contributed by atoms with Crippen LogP contribution in [0.1, 0.15) is 18.6 Å². The highest BCUT2D eigenvalue weighted by atomic mass is 16.2. The number of nitrogens with one attached hydrogen (secondary N) is 1. The fraction of sp³-hybridized carbons (Fsp3) is 0.188. The van der Waals surface area contributed by atoms with Crippen molar-refractivity contribution in [2.75, 3.05) is 5.32 Å². The van der Waals surface area contributed by atoms with Crippen molar-refractivity contribution in [2.24, 2.45) is 0 Å². The molecule has 2 N–H and O–H groups in total. The van der Waals surface area contributed by atoms with Crippen LogP contribution in [0.15, 0.2) is 42.5 Å². The second-order valence-electron chi connectivity index (χ2n) is 4.28. The van der Waals surface area contributed by atoms with Gasteiger partial charge in [0.05, 0.1) is 0 Å². The Hall–Kier alpha value is -2.07. The summed E-state index contributed by atoms with van der Waals surface area (Å²) in [6, 6.07) is 14.5. The van der Waals surface area contributed by atoms with E-state index in [1.54, 1.807) is 6.82 Å². The lowest BCUT2D eigenvalue weighted by atomic mass is 10.1. The van der Waals surface area contributed by atoms with Crippen molar-refractivity contribution >= 4 is 19.6 Å². The molecule has 0 saturated heterocycles. The van der Waals surface area contributed by atoms with Crippen molar-refractivity contribution in [3.05, 3.63) is 53.6 Å². The third-order valence-electron chi connectivity index (χ3n) is 3.02. The van der Waals surface area contributed by atoms with E-state index < -0.39 is 0 Å². The fourth-order valence-electron chi connectivity index (χ4n) is 2.30. The molecule has 0 radical (unpaired) electrons. The lowest BCUT2D eigenvalue weighted by molar-refractivity contribution is -0.105. The lowest BCUT2D eigenvalue weighted by Gasteiger charge is -2.03. The first-order valence-electron chi connectivity index (χ1n) is 6.32. The number of anilines is 1. The Morgan fingerprint density at radius 2 is 1.80 bits per heavy atom. The van der Waals surface area contributed by atoms with E-state index in [4.69, 9.17) is 5.02 Å². The van der Waals surface area contributed by atoms with E-state index in [2.05, 4.69) is 35.6 Å². The SMILES string of the molecule is C.CBO.O=CNc1ccc2c(c1)Cc1ccccc1-2. The summed E-state index contributed by atoms with van der Waals surface area (Å²) in [4.78, 5) is 10.4. The van der Waals surface area contributed by atoms with Gasteiger partial charge in [-0.3, -0.25) is 4.79 Å². The largest absolute Gasteiger partial charge is 0.454 e. The Bertz CT molecular complexity index is 584. The molecule has 1 amide bonds. The van der Waals surface area contributed by atoms with Crippen molar-refractivity contribution in [1.29, 1.82) is 0 Å². The summed E-state index contributed by atoms with van der Waals surface area (Å²) in [5.74, 6) is 0. The second kappa shape index (κ2) is 7.51. The number of hydrogen-bond acceptors (Lipinski definition) is 2. The molecule has 2 aromatic rings. The Morgan fingerprint density at radius 1 is 1.15 bits per heavy atom. The molecule has 0 aromatic heterocycles. The summed E-state index contributed by atoms with van der Waals surface area (Å²) in [5, 5.41) is 10.3. The number of carbonyl (C=O) groups excluding carboxylic acids is 1. The van der Waals surface area contributed by atoms with Crippen molar-refractivity contribution in [2.45, 2.75) is 20.7 Å². The summed E-state index contributed by atoms with van der Waals surface area (Å²) >= 11 is 0. The lowest BCUT2D eigenvalue weighted by Crippen LogP contribution is -1.94. The van der Waals surface area contributed by atoms with Gasteiger partial charge in [0, 0.05) is 5.69 Å². The molecule has 2 aromatic carbocycles. The van der Waals surface area contributed by atoms with Crippen LogP contribution in [0.2, 0.25) is 6.82 Å². The minimum absolute atomic E-state index is 0. The molecule has 104 valence electrons. The van der Waals surface area contributed by atoms with Gasteiger partial charge in [0.2, 0.25) is 6.41 Å². The predicted molar refractivity (Wildman–Crippen MR) is 86.3 cm³/mol. The molecule has 0 atom stereocenters. The molecule has 0 spiro atoms. The maximum atomic E-state index is 10.4. The summed E-state index contributed by atoms with van der Waals surface area (Å²) in [5.41, 5.74) is 6.11. The molecule has 20 heavy (non-hydrogen) atoms. The molecular weight excluding hydrogens is 249 g/mol. The van der Waals surface area contributed by atoms with Gasteiger partial charge in [-0.15, -0.1) is 0 Å². The number of carbonyl (C=O) groups is 1. The summed E-state index contributed by atoms with van der Waals surface area (Å²) in [6.45, 7) is 1.68. The third kappa shape index (κ3) is 3.28. The number of fused-ring (bicyclic) bond motifs is 3. The molecule has 0 saturated carbocycles. The third-order valence-corrected chi connectivity index (χ3v) is 3.02. The van der Waals surface area contributed by atoms with E-state index in [1.807, 2.05) is 12.1 Å². The maximum absolute atomic E-state index is 10.4. The minimum atomic E-state index is 0. The first-order chi connectivity index (χ1) is 9.30. The summed E-state index contributed by atoms with van der Waals surface area (Å²) in [7, 11) is 0.250. The molecule has 1 aliphatic rings.